The van der Waals surface area contributed by atoms with Crippen molar-refractivity contribution in [3.05, 3.63) is 12.2 Å². The van der Waals surface area contributed by atoms with Crippen LogP contribution in [-0.4, -0.2) is 66.3 Å². The van der Waals surface area contributed by atoms with Gasteiger partial charge in [-0.15, -0.1) is 0 Å². The molecule has 0 fully saturated rings. The number of unbranched alkanes of at least 4 members (excludes halogenated alkanes) is 29. The molecule has 0 saturated carbocycles. The largest absolute Gasteiger partial charge is 0.472 e. The highest BCUT2D eigenvalue weighted by atomic mass is 31.2. The van der Waals surface area contributed by atoms with Crippen LogP contribution in [0.15, 0.2) is 12.2 Å². The summed E-state index contributed by atoms with van der Waals surface area (Å²) in [6, 6.07) is 0. The second-order valence-corrected chi connectivity index (χ2v) is 17.2. The van der Waals surface area contributed by atoms with Gasteiger partial charge >= 0.3 is 13.8 Å². The van der Waals surface area contributed by atoms with Crippen molar-refractivity contribution in [3.8, 4) is 0 Å². The highest BCUT2D eigenvalue weighted by Gasteiger charge is 2.26. The molecule has 9 nitrogen and oxygen atoms in total. The van der Waals surface area contributed by atoms with E-state index in [-0.39, 0.29) is 25.6 Å². The zero-order chi connectivity index (χ0) is 40.3. The van der Waals surface area contributed by atoms with Crippen LogP contribution in [0.1, 0.15) is 226 Å². The Bertz CT molecular complexity index is 871. The third-order valence-electron chi connectivity index (χ3n) is 10.2. The minimum atomic E-state index is -4.51. The molecule has 10 heteroatoms. The van der Waals surface area contributed by atoms with Gasteiger partial charge in [-0.2, -0.15) is 0 Å². The van der Waals surface area contributed by atoms with Gasteiger partial charge in [-0.1, -0.05) is 193 Å². The number of phosphoric acid groups is 1. The maximum absolute atomic E-state index is 12.6. The Labute approximate surface area is 339 Å². The van der Waals surface area contributed by atoms with E-state index in [4.69, 9.17) is 23.6 Å². The van der Waals surface area contributed by atoms with Crippen LogP contribution in [-0.2, 0) is 27.9 Å². The molecular weight excluding hydrogens is 715 g/mol. The molecule has 0 amide bonds. The number of ether oxygens (including phenoxy) is 2. The van der Waals surface area contributed by atoms with Gasteiger partial charge in [0.25, 0.3) is 0 Å². The molecule has 0 heterocycles. The fourth-order valence-electron chi connectivity index (χ4n) is 6.65. The molecule has 0 aliphatic rings. The lowest BCUT2D eigenvalue weighted by molar-refractivity contribution is -0.154. The second-order valence-electron chi connectivity index (χ2n) is 15.8. The fourth-order valence-corrected chi connectivity index (χ4v) is 7.44. The lowest BCUT2D eigenvalue weighted by Gasteiger charge is -2.20. The van der Waals surface area contributed by atoms with Crippen molar-refractivity contribution >= 4 is 13.8 Å². The van der Waals surface area contributed by atoms with Gasteiger partial charge in [0, 0.05) is 13.0 Å². The zero-order valence-electron chi connectivity index (χ0n) is 35.9. The van der Waals surface area contributed by atoms with Crippen molar-refractivity contribution in [3.63, 3.8) is 0 Å². The number of rotatable bonds is 45. The van der Waals surface area contributed by atoms with Gasteiger partial charge in [0.1, 0.15) is 12.2 Å². The third-order valence-corrected chi connectivity index (χ3v) is 11.2. The first-order valence-corrected chi connectivity index (χ1v) is 24.7. The van der Waals surface area contributed by atoms with Gasteiger partial charge in [0.05, 0.1) is 26.4 Å². The summed E-state index contributed by atoms with van der Waals surface area (Å²) in [7, 11) is -4.51. The molecule has 0 aromatic heterocycles. The van der Waals surface area contributed by atoms with E-state index in [1.165, 1.54) is 154 Å². The van der Waals surface area contributed by atoms with Gasteiger partial charge in [0.2, 0.25) is 0 Å². The first-order valence-electron chi connectivity index (χ1n) is 23.2. The number of hydrogen-bond donors (Lipinski definition) is 3. The molecule has 0 rings (SSSR count). The summed E-state index contributed by atoms with van der Waals surface area (Å²) in [4.78, 5) is 22.6. The summed E-state index contributed by atoms with van der Waals surface area (Å²) in [5, 5.41) is 18.4. The van der Waals surface area contributed by atoms with Crippen LogP contribution in [0.25, 0.3) is 0 Å². The number of hydrogen-bond acceptors (Lipinski definition) is 8. The normalized spacial score (nSPS) is 14.1. The summed E-state index contributed by atoms with van der Waals surface area (Å²) in [6.45, 7) is 3.56. The number of phosphoric ester groups is 1. The van der Waals surface area contributed by atoms with E-state index in [9.17, 15) is 19.4 Å². The van der Waals surface area contributed by atoms with E-state index in [1.54, 1.807) is 0 Å². The van der Waals surface area contributed by atoms with Crippen LogP contribution < -0.4 is 0 Å². The van der Waals surface area contributed by atoms with Crippen molar-refractivity contribution in [1.29, 1.82) is 0 Å². The topological polar surface area (TPSA) is 132 Å². The van der Waals surface area contributed by atoms with Crippen LogP contribution in [0.2, 0.25) is 0 Å². The number of carbonyl (C=O) groups excluding carboxylic acids is 1. The number of esters is 1. The van der Waals surface area contributed by atoms with Crippen LogP contribution >= 0.6 is 7.82 Å². The van der Waals surface area contributed by atoms with E-state index < -0.39 is 33.2 Å². The van der Waals surface area contributed by atoms with Gasteiger partial charge in [0.15, 0.2) is 0 Å². The highest BCUT2D eigenvalue weighted by molar-refractivity contribution is 7.47. The Morgan fingerprint density at radius 1 is 0.545 bits per heavy atom. The van der Waals surface area contributed by atoms with Crippen molar-refractivity contribution in [1.82, 2.24) is 0 Å². The van der Waals surface area contributed by atoms with Gasteiger partial charge < -0.3 is 24.6 Å². The van der Waals surface area contributed by atoms with E-state index in [0.717, 1.165) is 51.4 Å². The maximum atomic E-state index is 12.6. The molecule has 3 N–H and O–H groups in total. The van der Waals surface area contributed by atoms with E-state index in [0.29, 0.717) is 6.61 Å². The Morgan fingerprint density at radius 3 is 1.36 bits per heavy atom. The minimum absolute atomic E-state index is 0.0520. The molecule has 1 unspecified atom stereocenters. The Morgan fingerprint density at radius 2 is 0.927 bits per heavy atom. The van der Waals surface area contributed by atoms with Gasteiger partial charge in [-0.05, 0) is 38.5 Å². The molecule has 0 aliphatic heterocycles. The molecule has 0 bridgehead atoms. The van der Waals surface area contributed by atoms with Crippen LogP contribution in [0.4, 0.5) is 0 Å². The highest BCUT2D eigenvalue weighted by Crippen LogP contribution is 2.43. The summed E-state index contributed by atoms with van der Waals surface area (Å²) < 4.78 is 33.4. The summed E-state index contributed by atoms with van der Waals surface area (Å²) in [6.07, 6.45) is 43.1. The average Bonchev–Trinajstić information content (AvgIpc) is 3.18. The maximum Gasteiger partial charge on any atom is 0.472 e. The predicted octanol–water partition coefficient (Wildman–Crippen LogP) is 12.9. The zero-order valence-corrected chi connectivity index (χ0v) is 36.8. The second kappa shape index (κ2) is 42.8. The minimum Gasteiger partial charge on any atom is -0.457 e. The molecule has 0 aromatic carbocycles. The summed E-state index contributed by atoms with van der Waals surface area (Å²) >= 11 is 0. The molecule has 55 heavy (non-hydrogen) atoms. The number of aliphatic hydroxyl groups is 2. The molecule has 328 valence electrons. The molecule has 0 radical (unpaired) electrons. The lowest BCUT2D eigenvalue weighted by Crippen LogP contribution is -2.29. The predicted molar refractivity (Wildman–Crippen MR) is 228 cm³/mol. The molecule has 0 aliphatic carbocycles. The standard InChI is InChI=1S/C45H89O9P/c1-3-5-7-9-11-13-15-17-19-21-22-24-26-28-30-32-34-36-38-51-41-44(42-53-55(49,50)52-40-43(47)39-46)54-45(48)37-35-33-31-29-27-25-23-20-18-16-14-12-10-8-6-4-2/h20,23,43-44,46-47H,3-19,21-22,24-42H2,1-2H3,(H,49,50)/b23-20-/t43-,44+/m0/s1. The average molecular weight is 805 g/mol. The molecule has 0 saturated heterocycles. The Balaban J connectivity index is 4.11. The summed E-state index contributed by atoms with van der Waals surface area (Å²) in [5.74, 6) is -0.386. The molecule has 3 atom stereocenters. The fraction of sp³-hybridized carbons (Fsp3) is 0.933. The quantitative estimate of drug-likeness (QED) is 0.0238. The van der Waals surface area contributed by atoms with Gasteiger partial charge in [-0.25, -0.2) is 4.57 Å². The van der Waals surface area contributed by atoms with E-state index >= 15 is 0 Å². The smallest absolute Gasteiger partial charge is 0.457 e. The first-order chi connectivity index (χ1) is 26.8. The molecular formula is C45H89O9P. The lowest BCUT2D eigenvalue weighted by atomic mass is 10.0. The van der Waals surface area contributed by atoms with Crippen molar-refractivity contribution in [2.75, 3.05) is 33.0 Å². The Kier molecular flexibility index (Phi) is 42.2. The van der Waals surface area contributed by atoms with Crippen molar-refractivity contribution in [2.45, 2.75) is 238 Å². The van der Waals surface area contributed by atoms with Crippen molar-refractivity contribution < 1.29 is 43.0 Å². The van der Waals surface area contributed by atoms with Crippen LogP contribution in [0.5, 0.6) is 0 Å². The monoisotopic (exact) mass is 805 g/mol. The third kappa shape index (κ3) is 42.6. The Hall–Kier alpha value is -0.800. The molecule has 0 aromatic rings. The first kappa shape index (κ1) is 54.2. The summed E-state index contributed by atoms with van der Waals surface area (Å²) in [5.41, 5.74) is 0. The van der Waals surface area contributed by atoms with Crippen molar-refractivity contribution in [2.24, 2.45) is 0 Å². The van der Waals surface area contributed by atoms with Crippen LogP contribution in [0, 0.1) is 0 Å². The van der Waals surface area contributed by atoms with E-state index in [1.807, 2.05) is 0 Å². The number of carbonyl (C=O) groups is 1. The van der Waals surface area contributed by atoms with Gasteiger partial charge in [-0.3, -0.25) is 13.8 Å². The SMILES string of the molecule is CCCCCCCCC/C=C\CCCCCCCC(=O)O[C@H](COCCCCCCCCCCCCCCCCCCCC)COP(=O)(O)OC[C@@H](O)CO. The number of allylic oxidation sites excluding steroid dienone is 2. The molecule has 0 spiro atoms. The number of aliphatic hydroxyl groups excluding tert-OH is 2. The van der Waals surface area contributed by atoms with E-state index in [2.05, 4.69) is 26.0 Å². The van der Waals surface area contributed by atoms with Crippen LogP contribution in [0.3, 0.4) is 0 Å².